The van der Waals surface area contributed by atoms with E-state index < -0.39 is 11.7 Å². The van der Waals surface area contributed by atoms with Gasteiger partial charge in [0.2, 0.25) is 0 Å². The number of alkyl halides is 4. The van der Waals surface area contributed by atoms with E-state index >= 15 is 0 Å². The van der Waals surface area contributed by atoms with E-state index in [1.807, 2.05) is 5.43 Å². The van der Waals surface area contributed by atoms with Gasteiger partial charge in [0.05, 0.1) is 11.3 Å². The quantitative estimate of drug-likeness (QED) is 0.492. The predicted molar refractivity (Wildman–Crippen MR) is 51.9 cm³/mol. The van der Waals surface area contributed by atoms with Crippen molar-refractivity contribution >= 4 is 21.6 Å². The van der Waals surface area contributed by atoms with E-state index in [2.05, 4.69) is 15.9 Å². The highest BCUT2D eigenvalue weighted by molar-refractivity contribution is 9.08. The smallest absolute Gasteiger partial charge is 0.324 e. The first kappa shape index (κ1) is 11.3. The van der Waals surface area contributed by atoms with Gasteiger partial charge < -0.3 is 5.43 Å². The van der Waals surface area contributed by atoms with Crippen molar-refractivity contribution in [2.75, 3.05) is 5.43 Å². The minimum absolute atomic E-state index is 0.116. The summed E-state index contributed by atoms with van der Waals surface area (Å²) in [5.41, 5.74) is 1.36. The van der Waals surface area contributed by atoms with Crippen LogP contribution in [0.15, 0.2) is 18.2 Å². The maximum Gasteiger partial charge on any atom is 0.418 e. The highest BCUT2D eigenvalue weighted by Gasteiger charge is 2.35. The van der Waals surface area contributed by atoms with Crippen LogP contribution in [0.2, 0.25) is 0 Å². The number of nitrogens with two attached hydrogens (primary N) is 1. The minimum Gasteiger partial charge on any atom is -0.324 e. The van der Waals surface area contributed by atoms with E-state index in [1.165, 1.54) is 18.2 Å². The van der Waals surface area contributed by atoms with E-state index in [1.54, 1.807) is 0 Å². The molecule has 0 saturated heterocycles. The third-order valence-electron chi connectivity index (χ3n) is 1.73. The molecular formula is C8H8BrF3N2. The van der Waals surface area contributed by atoms with Crippen molar-refractivity contribution < 1.29 is 13.2 Å². The second kappa shape index (κ2) is 4.18. The summed E-state index contributed by atoms with van der Waals surface area (Å²) in [5.74, 6) is 5.01. The van der Waals surface area contributed by atoms with Crippen LogP contribution in [0.3, 0.4) is 0 Å². The summed E-state index contributed by atoms with van der Waals surface area (Å²) in [6.45, 7) is 0. The lowest BCUT2D eigenvalue weighted by Crippen LogP contribution is -2.16. The number of hydrogen-bond donors (Lipinski definition) is 2. The summed E-state index contributed by atoms with van der Waals surface area (Å²) in [4.78, 5) is 0. The van der Waals surface area contributed by atoms with Gasteiger partial charge in [-0.25, -0.2) is 0 Å². The number of nitrogen functional groups attached to an aromatic ring is 1. The van der Waals surface area contributed by atoms with Crippen LogP contribution in [-0.2, 0) is 11.5 Å². The van der Waals surface area contributed by atoms with Crippen LogP contribution in [0.25, 0.3) is 0 Å². The summed E-state index contributed by atoms with van der Waals surface area (Å²) in [6.07, 6.45) is -4.40. The van der Waals surface area contributed by atoms with Gasteiger partial charge in [-0.05, 0) is 11.6 Å². The first-order chi connectivity index (χ1) is 6.50. The average molecular weight is 269 g/mol. The number of benzene rings is 1. The highest BCUT2D eigenvalue weighted by atomic mass is 79.9. The second-order valence-corrected chi connectivity index (χ2v) is 3.18. The zero-order valence-electron chi connectivity index (χ0n) is 7.03. The maximum atomic E-state index is 12.6. The fraction of sp³-hybridized carbons (Fsp3) is 0.250. The summed E-state index contributed by atoms with van der Waals surface area (Å²) in [6, 6.07) is 4.20. The van der Waals surface area contributed by atoms with Gasteiger partial charge in [-0.1, -0.05) is 28.1 Å². The van der Waals surface area contributed by atoms with Gasteiger partial charge in [-0.15, -0.1) is 0 Å². The fourth-order valence-electron chi connectivity index (χ4n) is 1.17. The molecule has 6 heteroatoms. The third kappa shape index (κ3) is 2.19. The fourth-order valence-corrected chi connectivity index (χ4v) is 1.63. The van der Waals surface area contributed by atoms with Crippen molar-refractivity contribution in [3.8, 4) is 0 Å². The van der Waals surface area contributed by atoms with Crippen LogP contribution >= 0.6 is 15.9 Å². The van der Waals surface area contributed by atoms with Crippen molar-refractivity contribution in [2.45, 2.75) is 11.5 Å². The predicted octanol–water partition coefficient (Wildman–Crippen LogP) is 2.89. The minimum atomic E-state index is -4.40. The molecule has 1 aromatic rings. The molecule has 0 saturated carbocycles. The van der Waals surface area contributed by atoms with Crippen molar-refractivity contribution in [2.24, 2.45) is 5.84 Å². The summed E-state index contributed by atoms with van der Waals surface area (Å²) >= 11 is 3.00. The van der Waals surface area contributed by atoms with Crippen LogP contribution in [0.5, 0.6) is 0 Å². The Kier molecular flexibility index (Phi) is 3.38. The maximum absolute atomic E-state index is 12.6. The van der Waals surface area contributed by atoms with Gasteiger partial charge in [0.15, 0.2) is 0 Å². The monoisotopic (exact) mass is 268 g/mol. The largest absolute Gasteiger partial charge is 0.418 e. The topological polar surface area (TPSA) is 38.0 Å². The molecule has 1 aromatic carbocycles. The van der Waals surface area contributed by atoms with Gasteiger partial charge in [-0.2, -0.15) is 13.2 Å². The van der Waals surface area contributed by atoms with Gasteiger partial charge >= 0.3 is 6.18 Å². The molecule has 0 aliphatic rings. The Balaban J connectivity index is 3.34. The zero-order valence-corrected chi connectivity index (χ0v) is 8.61. The lowest BCUT2D eigenvalue weighted by atomic mass is 10.1. The SMILES string of the molecule is NNc1cccc(CBr)c1C(F)(F)F. The molecule has 1 rings (SSSR count). The van der Waals surface area contributed by atoms with E-state index in [4.69, 9.17) is 5.84 Å². The summed E-state index contributed by atoms with van der Waals surface area (Å²) in [7, 11) is 0. The molecule has 0 unspecified atom stereocenters. The van der Waals surface area contributed by atoms with E-state index in [-0.39, 0.29) is 16.6 Å². The molecule has 0 fully saturated rings. The molecule has 14 heavy (non-hydrogen) atoms. The standard InChI is InChI=1S/C8H8BrF3N2/c9-4-5-2-1-3-6(14-13)7(5)8(10,11)12/h1-3,14H,4,13H2. The van der Waals surface area contributed by atoms with Crippen molar-refractivity contribution in [1.82, 2.24) is 0 Å². The van der Waals surface area contributed by atoms with Crippen LogP contribution in [0, 0.1) is 0 Å². The molecule has 0 heterocycles. The highest BCUT2D eigenvalue weighted by Crippen LogP contribution is 2.37. The molecule has 0 bridgehead atoms. The van der Waals surface area contributed by atoms with Crippen molar-refractivity contribution in [3.63, 3.8) is 0 Å². The molecule has 3 N–H and O–H groups in total. The molecule has 2 nitrogen and oxygen atoms in total. The zero-order chi connectivity index (χ0) is 10.8. The summed E-state index contributed by atoms with van der Waals surface area (Å²) < 4.78 is 37.7. The number of hydrazine groups is 1. The molecule has 0 aliphatic carbocycles. The Labute approximate surface area is 87.4 Å². The average Bonchev–Trinajstić information content (AvgIpc) is 2.15. The second-order valence-electron chi connectivity index (χ2n) is 2.62. The molecular weight excluding hydrogens is 261 g/mol. The summed E-state index contributed by atoms with van der Waals surface area (Å²) in [5, 5.41) is 0.136. The van der Waals surface area contributed by atoms with E-state index in [9.17, 15) is 13.2 Å². The van der Waals surface area contributed by atoms with Gasteiger partial charge in [0.1, 0.15) is 0 Å². The normalized spacial score (nSPS) is 11.5. The van der Waals surface area contributed by atoms with E-state index in [0.717, 1.165) is 0 Å². The van der Waals surface area contributed by atoms with Crippen molar-refractivity contribution in [1.29, 1.82) is 0 Å². The van der Waals surface area contributed by atoms with E-state index in [0.29, 0.717) is 0 Å². The number of anilines is 1. The third-order valence-corrected chi connectivity index (χ3v) is 2.34. The Hall–Kier alpha value is -0.750. The van der Waals surface area contributed by atoms with Crippen molar-refractivity contribution in [3.05, 3.63) is 29.3 Å². The van der Waals surface area contributed by atoms with Gasteiger partial charge in [0, 0.05) is 5.33 Å². The Morgan fingerprint density at radius 1 is 1.36 bits per heavy atom. The van der Waals surface area contributed by atoms with Gasteiger partial charge in [0.25, 0.3) is 0 Å². The molecule has 0 amide bonds. The number of halogens is 4. The molecule has 0 spiro atoms. The molecule has 0 radical (unpaired) electrons. The van der Waals surface area contributed by atoms with Gasteiger partial charge in [-0.3, -0.25) is 5.84 Å². The first-order valence-electron chi connectivity index (χ1n) is 3.72. The first-order valence-corrected chi connectivity index (χ1v) is 4.84. The lowest BCUT2D eigenvalue weighted by Gasteiger charge is -2.15. The molecule has 0 aliphatic heterocycles. The Morgan fingerprint density at radius 2 is 2.00 bits per heavy atom. The van der Waals surface area contributed by atoms with Crippen LogP contribution in [0.4, 0.5) is 18.9 Å². The number of rotatable bonds is 2. The lowest BCUT2D eigenvalue weighted by molar-refractivity contribution is -0.137. The molecule has 78 valence electrons. The Morgan fingerprint density at radius 3 is 2.43 bits per heavy atom. The number of hydrogen-bond acceptors (Lipinski definition) is 2. The van der Waals surface area contributed by atoms with Crippen LogP contribution in [-0.4, -0.2) is 0 Å². The molecule has 0 aromatic heterocycles. The Bertz CT molecular complexity index is 303. The van der Waals surface area contributed by atoms with Crippen LogP contribution < -0.4 is 11.3 Å². The molecule has 0 atom stereocenters. The van der Waals surface area contributed by atoms with Crippen LogP contribution in [0.1, 0.15) is 11.1 Å². The number of nitrogens with one attached hydrogen (secondary N) is 1.